The Bertz CT molecular complexity index is 266. The van der Waals surface area contributed by atoms with Gasteiger partial charge >= 0.3 is 0 Å². The summed E-state index contributed by atoms with van der Waals surface area (Å²) in [6.45, 7) is 6.64. The van der Waals surface area contributed by atoms with E-state index in [0.717, 1.165) is 12.8 Å². The molecule has 0 aromatic rings. The van der Waals surface area contributed by atoms with E-state index in [1.165, 1.54) is 0 Å². The van der Waals surface area contributed by atoms with E-state index in [1.807, 2.05) is 11.8 Å². The Balaban J connectivity index is 1.88. The van der Waals surface area contributed by atoms with Gasteiger partial charge in [-0.1, -0.05) is 13.3 Å². The van der Waals surface area contributed by atoms with Crippen molar-refractivity contribution in [2.24, 2.45) is 0 Å². The third kappa shape index (κ3) is 2.97. The minimum Gasteiger partial charge on any atom is -0.376 e. The van der Waals surface area contributed by atoms with Gasteiger partial charge in [0.25, 0.3) is 0 Å². The van der Waals surface area contributed by atoms with E-state index >= 15 is 0 Å². The Morgan fingerprint density at radius 2 is 2.29 bits per heavy atom. The van der Waals surface area contributed by atoms with Crippen LogP contribution in [0.5, 0.6) is 0 Å². The second-order valence-electron chi connectivity index (χ2n) is 4.74. The lowest BCUT2D eigenvalue weighted by Gasteiger charge is -2.29. The first-order valence-corrected chi connectivity index (χ1v) is 6.48. The molecular weight excluding hydrogens is 220 g/mol. The molecule has 0 spiro atoms. The smallest absolute Gasteiger partial charge is 0.241 e. The van der Waals surface area contributed by atoms with Gasteiger partial charge < -0.3 is 14.4 Å². The van der Waals surface area contributed by atoms with Crippen molar-refractivity contribution in [3.05, 3.63) is 0 Å². The van der Waals surface area contributed by atoms with Gasteiger partial charge in [-0.05, 0) is 13.3 Å². The summed E-state index contributed by atoms with van der Waals surface area (Å²) >= 11 is 0. The van der Waals surface area contributed by atoms with Gasteiger partial charge in [-0.2, -0.15) is 0 Å². The molecule has 0 aromatic carbocycles. The van der Waals surface area contributed by atoms with Crippen LogP contribution >= 0.6 is 0 Å². The maximum absolute atomic E-state index is 12.1. The molecule has 0 aliphatic carbocycles. The van der Waals surface area contributed by atoms with Crippen LogP contribution in [0.1, 0.15) is 26.7 Å². The molecule has 0 aromatic heterocycles. The zero-order chi connectivity index (χ0) is 12.3. The van der Waals surface area contributed by atoms with Crippen LogP contribution in [0.3, 0.4) is 0 Å². The molecule has 2 saturated heterocycles. The van der Waals surface area contributed by atoms with Crippen LogP contribution in [0.4, 0.5) is 0 Å². The molecule has 0 radical (unpaired) electrons. The largest absolute Gasteiger partial charge is 0.376 e. The molecule has 1 amide bonds. The zero-order valence-electron chi connectivity index (χ0n) is 10.6. The molecule has 98 valence electrons. The monoisotopic (exact) mass is 242 g/mol. The van der Waals surface area contributed by atoms with E-state index in [1.54, 1.807) is 0 Å². The molecule has 5 nitrogen and oxygen atoms in total. The predicted octanol–water partition coefficient (Wildman–Crippen LogP) is 0.348. The van der Waals surface area contributed by atoms with Crippen molar-refractivity contribution in [2.45, 2.75) is 45.0 Å². The van der Waals surface area contributed by atoms with E-state index in [9.17, 15) is 4.79 Å². The number of nitrogens with zero attached hydrogens (tertiary/aromatic N) is 1. The summed E-state index contributed by atoms with van der Waals surface area (Å²) in [6, 6.07) is -0.0143. The fraction of sp³-hybridized carbons (Fsp3) is 0.917. The van der Waals surface area contributed by atoms with Crippen LogP contribution in [0, 0.1) is 0 Å². The average molecular weight is 242 g/mol. The molecular formula is C12H22N2O3. The average Bonchev–Trinajstić information content (AvgIpc) is 2.59. The van der Waals surface area contributed by atoms with Gasteiger partial charge in [-0.15, -0.1) is 0 Å². The van der Waals surface area contributed by atoms with Gasteiger partial charge in [0.05, 0.1) is 44.7 Å². The molecule has 5 heteroatoms. The summed E-state index contributed by atoms with van der Waals surface area (Å²) in [5.74, 6) is 0.202. The molecule has 2 rings (SSSR count). The Kier molecular flexibility index (Phi) is 4.36. The fourth-order valence-electron chi connectivity index (χ4n) is 2.45. The van der Waals surface area contributed by atoms with Crippen molar-refractivity contribution in [3.8, 4) is 0 Å². The van der Waals surface area contributed by atoms with Crippen LogP contribution in [-0.4, -0.2) is 55.5 Å². The highest BCUT2D eigenvalue weighted by Gasteiger charge is 2.37. The molecule has 3 atom stereocenters. The predicted molar refractivity (Wildman–Crippen MR) is 63.6 cm³/mol. The summed E-state index contributed by atoms with van der Waals surface area (Å²) in [6.07, 6.45) is 2.05. The lowest BCUT2D eigenvalue weighted by atomic mass is 10.1. The Hall–Kier alpha value is -0.650. The highest BCUT2D eigenvalue weighted by molar-refractivity contribution is 5.84. The standard InChI is InChI=1S/C12H22N2O3/c1-3-4-11-12(15)14(9(2)13-11)7-10-8-16-5-6-17-10/h9-11,13H,3-8H2,1-2H3. The van der Waals surface area contributed by atoms with Crippen molar-refractivity contribution < 1.29 is 14.3 Å². The molecule has 1 N–H and O–H groups in total. The molecule has 0 bridgehead atoms. The highest BCUT2D eigenvalue weighted by atomic mass is 16.6. The van der Waals surface area contributed by atoms with E-state index in [2.05, 4.69) is 12.2 Å². The molecule has 2 heterocycles. The number of ether oxygens (including phenoxy) is 2. The highest BCUT2D eigenvalue weighted by Crippen LogP contribution is 2.16. The quantitative estimate of drug-likeness (QED) is 0.773. The van der Waals surface area contributed by atoms with Crippen LogP contribution in [0.15, 0.2) is 0 Å². The van der Waals surface area contributed by atoms with Crippen LogP contribution < -0.4 is 5.32 Å². The number of nitrogens with one attached hydrogen (secondary N) is 1. The van der Waals surface area contributed by atoms with Crippen LogP contribution in [0.25, 0.3) is 0 Å². The van der Waals surface area contributed by atoms with Gasteiger partial charge in [-0.3, -0.25) is 10.1 Å². The summed E-state index contributed by atoms with van der Waals surface area (Å²) in [7, 11) is 0. The third-order valence-electron chi connectivity index (χ3n) is 3.35. The van der Waals surface area contributed by atoms with E-state index in [-0.39, 0.29) is 24.2 Å². The number of carbonyl (C=O) groups excluding carboxylic acids is 1. The molecule has 17 heavy (non-hydrogen) atoms. The van der Waals surface area contributed by atoms with Crippen LogP contribution in [-0.2, 0) is 14.3 Å². The molecule has 2 fully saturated rings. The van der Waals surface area contributed by atoms with E-state index in [4.69, 9.17) is 9.47 Å². The normalized spacial score (nSPS) is 34.4. The maximum Gasteiger partial charge on any atom is 0.241 e. The van der Waals surface area contributed by atoms with Crippen molar-refractivity contribution in [1.29, 1.82) is 0 Å². The van der Waals surface area contributed by atoms with Gasteiger partial charge in [0.15, 0.2) is 0 Å². The number of carbonyl (C=O) groups is 1. The van der Waals surface area contributed by atoms with Crippen molar-refractivity contribution in [2.75, 3.05) is 26.4 Å². The van der Waals surface area contributed by atoms with Crippen molar-refractivity contribution in [1.82, 2.24) is 10.2 Å². The number of amides is 1. The first-order chi connectivity index (χ1) is 8.22. The summed E-state index contributed by atoms with van der Waals surface area (Å²) in [4.78, 5) is 14.0. The van der Waals surface area contributed by atoms with E-state index in [0.29, 0.717) is 26.4 Å². The lowest BCUT2D eigenvalue weighted by molar-refractivity contribution is -0.136. The first kappa shape index (κ1) is 12.8. The number of hydrogen-bond acceptors (Lipinski definition) is 4. The molecule has 2 aliphatic heterocycles. The van der Waals surface area contributed by atoms with Gasteiger partial charge in [-0.25, -0.2) is 0 Å². The van der Waals surface area contributed by atoms with Crippen molar-refractivity contribution >= 4 is 5.91 Å². The topological polar surface area (TPSA) is 50.8 Å². The molecule has 0 saturated carbocycles. The van der Waals surface area contributed by atoms with Gasteiger partial charge in [0.2, 0.25) is 5.91 Å². The summed E-state index contributed by atoms with van der Waals surface area (Å²) in [5.41, 5.74) is 0. The number of rotatable bonds is 4. The third-order valence-corrected chi connectivity index (χ3v) is 3.35. The minimum atomic E-state index is -0.0143. The Morgan fingerprint density at radius 3 is 2.94 bits per heavy atom. The van der Waals surface area contributed by atoms with Crippen LogP contribution in [0.2, 0.25) is 0 Å². The lowest BCUT2D eigenvalue weighted by Crippen LogP contribution is -2.44. The number of hydrogen-bond donors (Lipinski definition) is 1. The Morgan fingerprint density at radius 1 is 1.47 bits per heavy atom. The fourth-order valence-corrected chi connectivity index (χ4v) is 2.45. The maximum atomic E-state index is 12.1. The second-order valence-corrected chi connectivity index (χ2v) is 4.74. The molecule has 3 unspecified atom stereocenters. The Labute approximate surface area is 102 Å². The minimum absolute atomic E-state index is 0.0143. The van der Waals surface area contributed by atoms with Gasteiger partial charge in [0.1, 0.15) is 0 Å². The zero-order valence-corrected chi connectivity index (χ0v) is 10.6. The second kappa shape index (κ2) is 5.80. The molecule has 2 aliphatic rings. The summed E-state index contributed by atoms with van der Waals surface area (Å²) < 4.78 is 10.9. The van der Waals surface area contributed by atoms with E-state index < -0.39 is 0 Å². The summed E-state index contributed by atoms with van der Waals surface area (Å²) in [5, 5.41) is 3.32. The van der Waals surface area contributed by atoms with Crippen molar-refractivity contribution in [3.63, 3.8) is 0 Å². The first-order valence-electron chi connectivity index (χ1n) is 6.48. The van der Waals surface area contributed by atoms with Gasteiger partial charge in [0, 0.05) is 0 Å². The SMILES string of the molecule is CCCC1NC(C)N(CC2COCCO2)C1=O.